The number of aromatic amines is 1. The van der Waals surface area contributed by atoms with E-state index in [1.165, 1.54) is 24.4 Å². The van der Waals surface area contributed by atoms with Crippen LogP contribution in [0.5, 0.6) is 11.5 Å². The highest BCUT2D eigenvalue weighted by molar-refractivity contribution is 9.10. The number of aromatic nitrogens is 2. The maximum absolute atomic E-state index is 11.1. The summed E-state index contributed by atoms with van der Waals surface area (Å²) in [5.74, 6) is 0.0513. The number of aliphatic imine (C=N–C) groups is 1. The van der Waals surface area contributed by atoms with Crippen molar-refractivity contribution >= 4 is 44.6 Å². The van der Waals surface area contributed by atoms with Crippen LogP contribution in [0.1, 0.15) is 11.1 Å². The summed E-state index contributed by atoms with van der Waals surface area (Å²) in [6.45, 7) is 1.98. The van der Waals surface area contributed by atoms with E-state index >= 15 is 0 Å². The van der Waals surface area contributed by atoms with Crippen LogP contribution in [0.3, 0.4) is 0 Å². The van der Waals surface area contributed by atoms with E-state index in [-0.39, 0.29) is 11.3 Å². The van der Waals surface area contributed by atoms with E-state index in [1.54, 1.807) is 12.1 Å². The average Bonchev–Trinajstić information content (AvgIpc) is 3.12. The van der Waals surface area contributed by atoms with Gasteiger partial charge in [0.25, 0.3) is 0 Å². The number of nitro benzene ring substituents is 1. The molecule has 0 aliphatic heterocycles. The van der Waals surface area contributed by atoms with Gasteiger partial charge in [-0.3, -0.25) is 15.1 Å². The quantitative estimate of drug-likeness (QED) is 0.211. The fourth-order valence-corrected chi connectivity index (χ4v) is 3.50. The molecule has 0 saturated carbocycles. The maximum atomic E-state index is 11.1. The molecule has 0 radical (unpaired) electrons. The summed E-state index contributed by atoms with van der Waals surface area (Å²) in [5.41, 5.74) is 3.41. The molecule has 3 aromatic carbocycles. The van der Waals surface area contributed by atoms with Gasteiger partial charge in [-0.2, -0.15) is 0 Å². The van der Waals surface area contributed by atoms with Crippen molar-refractivity contribution in [2.24, 2.45) is 4.99 Å². The molecule has 3 N–H and O–H groups in total. The number of phenols is 2. The number of rotatable bonds is 4. The third kappa shape index (κ3) is 3.74. The number of H-pyrrole nitrogens is 1. The second-order valence-corrected chi connectivity index (χ2v) is 7.60. The van der Waals surface area contributed by atoms with Crippen LogP contribution in [0.4, 0.5) is 11.4 Å². The number of phenolic OH excluding ortho intramolecular Hbond substituents is 2. The Balaban J connectivity index is 1.72. The Morgan fingerprint density at radius 3 is 2.73 bits per heavy atom. The predicted molar refractivity (Wildman–Crippen MR) is 118 cm³/mol. The predicted octanol–water partition coefficient (Wildman–Crippen LogP) is 5.37. The molecule has 4 rings (SSSR count). The third-order valence-electron chi connectivity index (χ3n) is 4.51. The van der Waals surface area contributed by atoms with Gasteiger partial charge < -0.3 is 15.2 Å². The summed E-state index contributed by atoms with van der Waals surface area (Å²) in [6, 6.07) is 13.3. The highest BCUT2D eigenvalue weighted by atomic mass is 79.9. The molecule has 9 heteroatoms. The SMILES string of the molecule is Cc1ccc2nc(-c3cc(N=Cc4cc(Br)cc([N+](=O)[O-])c4O)ccc3O)[nH]c2c1. The van der Waals surface area contributed by atoms with Crippen molar-refractivity contribution in [2.45, 2.75) is 6.92 Å². The largest absolute Gasteiger partial charge is 0.507 e. The van der Waals surface area contributed by atoms with Crippen LogP contribution >= 0.6 is 15.9 Å². The molecule has 0 unspecified atom stereocenters. The molecule has 0 spiro atoms. The number of benzene rings is 3. The van der Waals surface area contributed by atoms with Crippen LogP contribution in [0.2, 0.25) is 0 Å². The van der Waals surface area contributed by atoms with Crippen LogP contribution in [0.25, 0.3) is 22.4 Å². The minimum absolute atomic E-state index is 0.0330. The zero-order valence-corrected chi connectivity index (χ0v) is 17.2. The molecule has 30 heavy (non-hydrogen) atoms. The lowest BCUT2D eigenvalue weighted by molar-refractivity contribution is -0.385. The molecule has 1 aromatic heterocycles. The molecule has 0 aliphatic carbocycles. The third-order valence-corrected chi connectivity index (χ3v) is 4.96. The van der Waals surface area contributed by atoms with Crippen molar-refractivity contribution in [1.82, 2.24) is 9.97 Å². The van der Waals surface area contributed by atoms with Crippen LogP contribution in [0, 0.1) is 17.0 Å². The number of aromatic hydroxyl groups is 2. The maximum Gasteiger partial charge on any atom is 0.312 e. The first-order valence-corrected chi connectivity index (χ1v) is 9.62. The molecular weight excluding hydrogens is 452 g/mol. The van der Waals surface area contributed by atoms with Crippen molar-refractivity contribution in [3.63, 3.8) is 0 Å². The summed E-state index contributed by atoms with van der Waals surface area (Å²) in [4.78, 5) is 22.4. The first-order valence-electron chi connectivity index (χ1n) is 8.82. The molecule has 8 nitrogen and oxygen atoms in total. The summed E-state index contributed by atoms with van der Waals surface area (Å²) < 4.78 is 0.442. The van der Waals surface area contributed by atoms with Crippen LogP contribution in [0.15, 0.2) is 58.0 Å². The van der Waals surface area contributed by atoms with Crippen molar-refractivity contribution in [3.8, 4) is 22.9 Å². The van der Waals surface area contributed by atoms with Gasteiger partial charge in [0, 0.05) is 22.3 Å². The van der Waals surface area contributed by atoms with E-state index in [1.807, 2.05) is 25.1 Å². The zero-order chi connectivity index (χ0) is 21.4. The van der Waals surface area contributed by atoms with Gasteiger partial charge in [0.1, 0.15) is 11.6 Å². The molecular formula is C21H15BrN4O4. The number of nitro groups is 1. The number of aryl methyl sites for hydroxylation is 1. The summed E-state index contributed by atoms with van der Waals surface area (Å²) >= 11 is 3.19. The highest BCUT2D eigenvalue weighted by Crippen LogP contribution is 2.34. The average molecular weight is 467 g/mol. The molecule has 0 bridgehead atoms. The summed E-state index contributed by atoms with van der Waals surface area (Å²) in [7, 11) is 0. The van der Waals surface area contributed by atoms with Gasteiger partial charge in [-0.15, -0.1) is 0 Å². The Bertz CT molecular complexity index is 1330. The second-order valence-electron chi connectivity index (χ2n) is 6.69. The molecule has 0 amide bonds. The number of nitrogens with one attached hydrogen (secondary N) is 1. The molecule has 0 aliphatic rings. The number of hydrogen-bond donors (Lipinski definition) is 3. The van der Waals surface area contributed by atoms with Crippen molar-refractivity contribution in [3.05, 3.63) is 74.2 Å². The summed E-state index contributed by atoms with van der Waals surface area (Å²) in [5, 5.41) is 31.5. The van der Waals surface area contributed by atoms with E-state index in [0.29, 0.717) is 21.5 Å². The fraction of sp³-hybridized carbons (Fsp3) is 0.0476. The van der Waals surface area contributed by atoms with Gasteiger partial charge >= 0.3 is 5.69 Å². The fourth-order valence-electron chi connectivity index (χ4n) is 3.03. The van der Waals surface area contributed by atoms with Crippen LogP contribution in [-0.4, -0.2) is 31.3 Å². The number of imidazole rings is 1. The number of nitrogens with zero attached hydrogens (tertiary/aromatic N) is 3. The lowest BCUT2D eigenvalue weighted by Crippen LogP contribution is -1.92. The minimum atomic E-state index is -0.667. The van der Waals surface area contributed by atoms with Crippen LogP contribution < -0.4 is 0 Å². The topological polar surface area (TPSA) is 125 Å². The lowest BCUT2D eigenvalue weighted by atomic mass is 10.1. The van der Waals surface area contributed by atoms with Gasteiger partial charge in [0.15, 0.2) is 0 Å². The molecule has 4 aromatic rings. The molecule has 0 atom stereocenters. The number of halogens is 1. The van der Waals surface area contributed by atoms with Gasteiger partial charge in [-0.05, 0) is 48.9 Å². The van der Waals surface area contributed by atoms with Crippen molar-refractivity contribution in [2.75, 3.05) is 0 Å². The normalized spacial score (nSPS) is 11.4. The van der Waals surface area contributed by atoms with Gasteiger partial charge in [0.05, 0.1) is 27.2 Å². The minimum Gasteiger partial charge on any atom is -0.507 e. The van der Waals surface area contributed by atoms with E-state index in [4.69, 9.17) is 0 Å². The molecule has 0 fully saturated rings. The monoisotopic (exact) mass is 466 g/mol. The number of hydrogen-bond acceptors (Lipinski definition) is 6. The van der Waals surface area contributed by atoms with Crippen LogP contribution in [-0.2, 0) is 0 Å². The summed E-state index contributed by atoms with van der Waals surface area (Å²) in [6.07, 6.45) is 1.32. The Kier molecular flexibility index (Phi) is 4.96. The molecule has 1 heterocycles. The van der Waals surface area contributed by atoms with Crippen molar-refractivity contribution < 1.29 is 15.1 Å². The molecule has 0 saturated heterocycles. The first-order chi connectivity index (χ1) is 14.3. The Morgan fingerprint density at radius 1 is 1.17 bits per heavy atom. The standard InChI is InChI=1S/C21H15BrN4O4/c1-11-2-4-16-17(6-11)25-21(24-16)15-9-14(3-5-19(15)27)23-10-12-7-13(22)8-18(20(12)28)26(29)30/h2-10,27-28H,1H3,(H,24,25). The van der Waals surface area contributed by atoms with E-state index < -0.39 is 16.4 Å². The Labute approximate surface area is 178 Å². The zero-order valence-electron chi connectivity index (χ0n) is 15.6. The van der Waals surface area contributed by atoms with Gasteiger partial charge in [-0.25, -0.2) is 4.98 Å². The lowest BCUT2D eigenvalue weighted by Gasteiger charge is -2.04. The highest BCUT2D eigenvalue weighted by Gasteiger charge is 2.17. The van der Waals surface area contributed by atoms with E-state index in [9.17, 15) is 20.3 Å². The smallest absolute Gasteiger partial charge is 0.312 e. The first kappa shape index (κ1) is 19.6. The Morgan fingerprint density at radius 2 is 1.97 bits per heavy atom. The Hall–Kier alpha value is -3.72. The molecule has 150 valence electrons. The number of fused-ring (bicyclic) bond motifs is 1. The van der Waals surface area contributed by atoms with Gasteiger partial charge in [-0.1, -0.05) is 22.0 Å². The van der Waals surface area contributed by atoms with E-state index in [0.717, 1.165) is 16.6 Å². The second kappa shape index (κ2) is 7.60. The van der Waals surface area contributed by atoms with Crippen molar-refractivity contribution in [1.29, 1.82) is 0 Å². The van der Waals surface area contributed by atoms with E-state index in [2.05, 4.69) is 30.9 Å². The van der Waals surface area contributed by atoms with Gasteiger partial charge in [0.2, 0.25) is 5.75 Å².